The van der Waals surface area contributed by atoms with Gasteiger partial charge in [0.2, 0.25) is 10.0 Å². The fourth-order valence-corrected chi connectivity index (χ4v) is 5.65. The number of likely N-dealkylation sites (tertiary alicyclic amines) is 1. The van der Waals surface area contributed by atoms with Crippen molar-refractivity contribution >= 4 is 40.0 Å². The number of hydrogen-bond acceptors (Lipinski definition) is 5. The molecule has 0 amide bonds. The van der Waals surface area contributed by atoms with E-state index in [2.05, 4.69) is 25.2 Å². The van der Waals surface area contributed by atoms with E-state index in [-0.39, 0.29) is 42.4 Å². The van der Waals surface area contributed by atoms with Crippen LogP contribution in [-0.2, 0) is 14.8 Å². The molecule has 10 heteroatoms. The van der Waals surface area contributed by atoms with Gasteiger partial charge >= 0.3 is 0 Å². The number of sulfonamides is 1. The molecule has 0 bridgehead atoms. The van der Waals surface area contributed by atoms with Crippen LogP contribution in [0.4, 0.5) is 0 Å². The molecule has 31 heavy (non-hydrogen) atoms. The van der Waals surface area contributed by atoms with E-state index >= 15 is 0 Å². The largest absolute Gasteiger partial charge is 0.377 e. The molecule has 3 fully saturated rings. The predicted molar refractivity (Wildman–Crippen MR) is 137 cm³/mol. The Kier molecular flexibility index (Phi) is 12.4. The highest BCUT2D eigenvalue weighted by Crippen LogP contribution is 2.26. The van der Waals surface area contributed by atoms with Crippen molar-refractivity contribution in [3.05, 3.63) is 0 Å². The lowest BCUT2D eigenvalue weighted by atomic mass is 10.0. The molecule has 0 radical (unpaired) electrons. The standard InChI is InChI=1S/C21H41N5O3S.HI/c1-2-22-21(25-18-10-13-26(14-11-18)19-7-3-4-8-19)23-12-16-30(27,28)24-17-20-9-5-6-15-29-20;/h18-20,24H,2-17H2,1H3,(H2,22,23,25);1H. The zero-order valence-corrected chi connectivity index (χ0v) is 22.1. The van der Waals surface area contributed by atoms with Crippen molar-refractivity contribution in [1.29, 1.82) is 0 Å². The van der Waals surface area contributed by atoms with Gasteiger partial charge in [0.1, 0.15) is 0 Å². The van der Waals surface area contributed by atoms with Crippen molar-refractivity contribution < 1.29 is 13.2 Å². The van der Waals surface area contributed by atoms with Crippen molar-refractivity contribution in [3.8, 4) is 0 Å². The molecule has 1 atom stereocenters. The number of rotatable bonds is 9. The molecule has 0 aromatic rings. The van der Waals surface area contributed by atoms with Crippen LogP contribution >= 0.6 is 24.0 Å². The highest BCUT2D eigenvalue weighted by atomic mass is 127. The lowest BCUT2D eigenvalue weighted by Gasteiger charge is -2.36. The maximum absolute atomic E-state index is 12.3. The molecular weight excluding hydrogens is 529 g/mol. The Balaban J connectivity index is 0.00000341. The minimum atomic E-state index is -3.34. The van der Waals surface area contributed by atoms with Crippen LogP contribution < -0.4 is 15.4 Å². The van der Waals surface area contributed by atoms with E-state index in [1.165, 1.54) is 25.7 Å². The normalized spacial score (nSPS) is 24.7. The van der Waals surface area contributed by atoms with E-state index in [0.29, 0.717) is 12.6 Å². The van der Waals surface area contributed by atoms with E-state index in [4.69, 9.17) is 4.74 Å². The molecule has 3 N–H and O–H groups in total. The number of aliphatic imine (C=N–C) groups is 1. The summed E-state index contributed by atoms with van der Waals surface area (Å²) in [6, 6.07) is 1.20. The van der Waals surface area contributed by atoms with Gasteiger partial charge in [-0.05, 0) is 51.9 Å². The first-order chi connectivity index (χ1) is 14.6. The number of halogens is 1. The third-order valence-corrected chi connectivity index (χ3v) is 7.82. The molecule has 1 saturated carbocycles. The fraction of sp³-hybridized carbons (Fsp3) is 0.952. The van der Waals surface area contributed by atoms with Crippen molar-refractivity contribution in [2.45, 2.75) is 82.9 Å². The second kappa shape index (κ2) is 14.2. The summed E-state index contributed by atoms with van der Waals surface area (Å²) in [6.07, 6.45) is 10.8. The Morgan fingerprint density at radius 3 is 2.42 bits per heavy atom. The van der Waals surface area contributed by atoms with Crippen LogP contribution in [0.2, 0.25) is 0 Å². The van der Waals surface area contributed by atoms with Gasteiger partial charge in [0, 0.05) is 44.9 Å². The van der Waals surface area contributed by atoms with Gasteiger partial charge in [0.15, 0.2) is 5.96 Å². The molecule has 0 aromatic heterocycles. The Hall–Kier alpha value is -0.170. The Morgan fingerprint density at radius 1 is 1.06 bits per heavy atom. The first-order valence-corrected chi connectivity index (χ1v) is 13.6. The Bertz CT molecular complexity index is 629. The number of nitrogens with zero attached hydrogens (tertiary/aromatic N) is 2. The zero-order valence-electron chi connectivity index (χ0n) is 19.0. The van der Waals surface area contributed by atoms with Crippen LogP contribution in [0.5, 0.6) is 0 Å². The summed E-state index contributed by atoms with van der Waals surface area (Å²) >= 11 is 0. The van der Waals surface area contributed by atoms with Gasteiger partial charge in [-0.3, -0.25) is 4.99 Å². The number of ether oxygens (including phenoxy) is 1. The van der Waals surface area contributed by atoms with Crippen LogP contribution in [0.1, 0.15) is 64.7 Å². The molecule has 182 valence electrons. The molecule has 2 aliphatic heterocycles. The van der Waals surface area contributed by atoms with Gasteiger partial charge in [-0.1, -0.05) is 12.8 Å². The minimum absolute atomic E-state index is 0. The van der Waals surface area contributed by atoms with Gasteiger partial charge in [0.25, 0.3) is 0 Å². The van der Waals surface area contributed by atoms with Crippen LogP contribution in [0, 0.1) is 0 Å². The SMILES string of the molecule is CCNC(=NCCS(=O)(=O)NCC1CCCCO1)NC1CCN(C2CCCC2)CC1.I. The summed E-state index contributed by atoms with van der Waals surface area (Å²) < 4.78 is 32.8. The first kappa shape index (κ1) is 27.1. The smallest absolute Gasteiger partial charge is 0.213 e. The van der Waals surface area contributed by atoms with Gasteiger partial charge in [-0.25, -0.2) is 13.1 Å². The van der Waals surface area contributed by atoms with E-state index < -0.39 is 10.0 Å². The molecule has 1 unspecified atom stereocenters. The summed E-state index contributed by atoms with van der Waals surface area (Å²) in [5.74, 6) is 0.721. The van der Waals surface area contributed by atoms with Gasteiger partial charge in [0.05, 0.1) is 18.4 Å². The third-order valence-electron chi connectivity index (χ3n) is 6.49. The van der Waals surface area contributed by atoms with Gasteiger partial charge < -0.3 is 20.3 Å². The van der Waals surface area contributed by atoms with Crippen LogP contribution in [-0.4, -0.2) is 82.5 Å². The summed E-state index contributed by atoms with van der Waals surface area (Å²) in [6.45, 7) is 6.42. The molecule has 3 aliphatic rings. The lowest BCUT2D eigenvalue weighted by Crippen LogP contribution is -2.50. The molecule has 1 aliphatic carbocycles. The second-order valence-corrected chi connectivity index (χ2v) is 10.7. The monoisotopic (exact) mass is 571 g/mol. The van der Waals surface area contributed by atoms with E-state index in [1.807, 2.05) is 6.92 Å². The second-order valence-electron chi connectivity index (χ2n) is 8.81. The fourth-order valence-electron chi connectivity index (χ4n) is 4.73. The van der Waals surface area contributed by atoms with Crippen molar-refractivity contribution in [1.82, 2.24) is 20.3 Å². The molecule has 3 rings (SSSR count). The van der Waals surface area contributed by atoms with Crippen molar-refractivity contribution in [2.75, 3.05) is 45.1 Å². The number of guanidine groups is 1. The van der Waals surface area contributed by atoms with Crippen LogP contribution in [0.3, 0.4) is 0 Å². The minimum Gasteiger partial charge on any atom is -0.377 e. The maximum Gasteiger partial charge on any atom is 0.213 e. The van der Waals surface area contributed by atoms with E-state index in [1.54, 1.807) is 0 Å². The third kappa shape index (κ3) is 9.69. The highest BCUT2D eigenvalue weighted by molar-refractivity contribution is 14.0. The van der Waals surface area contributed by atoms with Crippen molar-refractivity contribution in [2.24, 2.45) is 4.99 Å². The molecular formula is C21H42IN5O3S. The summed E-state index contributed by atoms with van der Waals surface area (Å²) in [4.78, 5) is 7.17. The summed E-state index contributed by atoms with van der Waals surface area (Å²) in [5, 5.41) is 6.77. The number of piperidine rings is 1. The van der Waals surface area contributed by atoms with Crippen LogP contribution in [0.15, 0.2) is 4.99 Å². The molecule has 8 nitrogen and oxygen atoms in total. The molecule has 0 aromatic carbocycles. The molecule has 2 heterocycles. The van der Waals surface area contributed by atoms with Crippen molar-refractivity contribution in [3.63, 3.8) is 0 Å². The van der Waals surface area contributed by atoms with Crippen LogP contribution in [0.25, 0.3) is 0 Å². The van der Waals surface area contributed by atoms with E-state index in [9.17, 15) is 8.42 Å². The van der Waals surface area contributed by atoms with Gasteiger partial charge in [-0.15, -0.1) is 24.0 Å². The quantitative estimate of drug-likeness (QED) is 0.223. The average Bonchev–Trinajstić information content (AvgIpc) is 3.29. The first-order valence-electron chi connectivity index (χ1n) is 11.9. The zero-order chi connectivity index (χ0) is 21.2. The Morgan fingerprint density at radius 2 is 1.77 bits per heavy atom. The topological polar surface area (TPSA) is 95.1 Å². The Labute approximate surface area is 205 Å². The summed E-state index contributed by atoms with van der Waals surface area (Å²) in [5.41, 5.74) is 0. The number of hydrogen-bond donors (Lipinski definition) is 3. The van der Waals surface area contributed by atoms with Gasteiger partial charge in [-0.2, -0.15) is 0 Å². The molecule has 0 spiro atoms. The predicted octanol–water partition coefficient (Wildman–Crippen LogP) is 2.06. The average molecular weight is 572 g/mol. The maximum atomic E-state index is 12.3. The lowest BCUT2D eigenvalue weighted by molar-refractivity contribution is 0.0200. The van der Waals surface area contributed by atoms with E-state index in [0.717, 1.165) is 70.3 Å². The molecule has 2 saturated heterocycles. The summed E-state index contributed by atoms with van der Waals surface area (Å²) in [7, 11) is -3.34. The number of nitrogens with one attached hydrogen (secondary N) is 3. The highest BCUT2D eigenvalue weighted by Gasteiger charge is 2.27.